The molecule has 0 unspecified atom stereocenters. The first kappa shape index (κ1) is 19.5. The molecule has 0 saturated heterocycles. The van der Waals surface area contributed by atoms with E-state index in [-0.39, 0.29) is 12.2 Å². The van der Waals surface area contributed by atoms with Gasteiger partial charge in [-0.25, -0.2) is 4.79 Å². The number of nitriles is 1. The second-order valence-corrected chi connectivity index (χ2v) is 6.05. The molecule has 6 heteroatoms. The Kier molecular flexibility index (Phi) is 7.24. The highest BCUT2D eigenvalue weighted by molar-refractivity contribution is 9.10. The molecule has 0 aliphatic carbocycles. The molecule has 0 aromatic heterocycles. The molecular weight excluding hydrogens is 398 g/mol. The van der Waals surface area contributed by atoms with Gasteiger partial charge in [0.15, 0.2) is 11.5 Å². The minimum Gasteiger partial charge on any atom is -0.493 e. The first-order valence-corrected chi connectivity index (χ1v) is 8.71. The number of ether oxygens (including phenoxy) is 3. The number of esters is 1. The van der Waals surface area contributed by atoms with Gasteiger partial charge in [0.25, 0.3) is 0 Å². The highest BCUT2D eigenvalue weighted by Gasteiger charge is 2.14. The summed E-state index contributed by atoms with van der Waals surface area (Å²) < 4.78 is 16.8. The Morgan fingerprint density at radius 1 is 1.27 bits per heavy atom. The van der Waals surface area contributed by atoms with Crippen molar-refractivity contribution in [2.24, 2.45) is 0 Å². The van der Waals surface area contributed by atoms with Crippen LogP contribution >= 0.6 is 15.9 Å². The Morgan fingerprint density at radius 2 is 2.00 bits per heavy atom. The maximum Gasteiger partial charge on any atom is 0.348 e. The molecule has 2 aromatic rings. The molecule has 0 atom stereocenters. The molecule has 2 rings (SSSR count). The number of benzene rings is 2. The van der Waals surface area contributed by atoms with Crippen LogP contribution in [-0.2, 0) is 16.1 Å². The van der Waals surface area contributed by atoms with Crippen molar-refractivity contribution < 1.29 is 19.0 Å². The molecule has 0 spiro atoms. The summed E-state index contributed by atoms with van der Waals surface area (Å²) >= 11 is 3.46. The van der Waals surface area contributed by atoms with Crippen LogP contribution in [0, 0.1) is 11.3 Å². The van der Waals surface area contributed by atoms with Gasteiger partial charge in [0.2, 0.25) is 0 Å². The average Bonchev–Trinajstić information content (AvgIpc) is 2.65. The molecule has 0 aliphatic rings. The summed E-state index contributed by atoms with van der Waals surface area (Å²) in [4.78, 5) is 11.8. The van der Waals surface area contributed by atoms with Crippen LogP contribution in [0.5, 0.6) is 11.5 Å². The quantitative estimate of drug-likeness (QED) is 0.378. The Balaban J connectivity index is 2.28. The predicted molar refractivity (Wildman–Crippen MR) is 102 cm³/mol. The molecule has 0 bridgehead atoms. The molecule has 0 heterocycles. The van der Waals surface area contributed by atoms with Gasteiger partial charge in [0, 0.05) is 0 Å². The maximum atomic E-state index is 11.8. The zero-order valence-electron chi connectivity index (χ0n) is 14.5. The fraction of sp³-hybridized carbons (Fsp3) is 0.200. The van der Waals surface area contributed by atoms with E-state index in [0.717, 1.165) is 5.56 Å². The van der Waals surface area contributed by atoms with Gasteiger partial charge in [-0.05, 0) is 52.2 Å². The summed E-state index contributed by atoms with van der Waals surface area (Å²) in [5.74, 6) is 0.375. The molecule has 26 heavy (non-hydrogen) atoms. The number of methoxy groups -OCH3 is 1. The van der Waals surface area contributed by atoms with Crippen LogP contribution in [0.1, 0.15) is 18.1 Å². The Labute approximate surface area is 160 Å². The third-order valence-corrected chi connectivity index (χ3v) is 3.99. The summed E-state index contributed by atoms with van der Waals surface area (Å²) in [6.07, 6.45) is 1.45. The van der Waals surface area contributed by atoms with Crippen molar-refractivity contribution in [1.82, 2.24) is 0 Å². The number of nitrogens with zero attached hydrogens (tertiary/aromatic N) is 1. The number of carbonyl (C=O) groups is 1. The van der Waals surface area contributed by atoms with Crippen LogP contribution in [0.3, 0.4) is 0 Å². The average molecular weight is 416 g/mol. The molecular formula is C20H18BrNO4. The number of carbonyl (C=O) groups excluding carboxylic acids is 1. The van der Waals surface area contributed by atoms with Crippen molar-refractivity contribution in [2.45, 2.75) is 13.5 Å². The minimum atomic E-state index is -0.658. The minimum absolute atomic E-state index is 0.0845. The van der Waals surface area contributed by atoms with Gasteiger partial charge >= 0.3 is 5.97 Å². The fourth-order valence-corrected chi connectivity index (χ4v) is 2.78. The summed E-state index contributed by atoms with van der Waals surface area (Å²) in [5, 5.41) is 9.16. The lowest BCUT2D eigenvalue weighted by Crippen LogP contribution is -2.06. The fourth-order valence-electron chi connectivity index (χ4n) is 2.21. The zero-order valence-corrected chi connectivity index (χ0v) is 16.1. The number of rotatable bonds is 7. The normalized spacial score (nSPS) is 10.8. The second kappa shape index (κ2) is 9.64. The molecule has 0 N–H and O–H groups in total. The molecule has 0 radical (unpaired) electrons. The van der Waals surface area contributed by atoms with Gasteiger partial charge < -0.3 is 14.2 Å². The van der Waals surface area contributed by atoms with Crippen LogP contribution < -0.4 is 9.47 Å². The predicted octanol–water partition coefficient (Wildman–Crippen LogP) is 4.51. The Bertz CT molecular complexity index is 841. The second-order valence-electron chi connectivity index (χ2n) is 5.20. The van der Waals surface area contributed by atoms with E-state index < -0.39 is 5.97 Å². The largest absolute Gasteiger partial charge is 0.493 e. The van der Waals surface area contributed by atoms with E-state index in [2.05, 4.69) is 15.9 Å². The lowest BCUT2D eigenvalue weighted by atomic mass is 10.1. The van der Waals surface area contributed by atoms with Gasteiger partial charge in [-0.1, -0.05) is 30.3 Å². The first-order valence-electron chi connectivity index (χ1n) is 7.92. The van der Waals surface area contributed by atoms with E-state index in [1.54, 1.807) is 19.1 Å². The van der Waals surface area contributed by atoms with Crippen LogP contribution in [0.2, 0.25) is 0 Å². The number of halogens is 1. The third-order valence-electron chi connectivity index (χ3n) is 3.40. The zero-order chi connectivity index (χ0) is 18.9. The van der Waals surface area contributed by atoms with E-state index in [1.165, 1.54) is 13.2 Å². The van der Waals surface area contributed by atoms with Crippen molar-refractivity contribution in [3.05, 3.63) is 63.6 Å². The third kappa shape index (κ3) is 5.11. The van der Waals surface area contributed by atoms with Crippen molar-refractivity contribution in [3.8, 4) is 17.6 Å². The smallest absolute Gasteiger partial charge is 0.348 e. The van der Waals surface area contributed by atoms with E-state index in [9.17, 15) is 4.79 Å². The van der Waals surface area contributed by atoms with Gasteiger partial charge in [0.1, 0.15) is 18.2 Å². The first-order chi connectivity index (χ1) is 12.6. The van der Waals surface area contributed by atoms with Crippen molar-refractivity contribution in [3.63, 3.8) is 0 Å². The monoisotopic (exact) mass is 415 g/mol. The van der Waals surface area contributed by atoms with E-state index in [4.69, 9.17) is 19.5 Å². The van der Waals surface area contributed by atoms with Gasteiger partial charge in [0.05, 0.1) is 18.2 Å². The lowest BCUT2D eigenvalue weighted by Gasteiger charge is -2.14. The molecule has 2 aromatic carbocycles. The molecule has 5 nitrogen and oxygen atoms in total. The van der Waals surface area contributed by atoms with Crippen LogP contribution in [-0.4, -0.2) is 19.7 Å². The summed E-state index contributed by atoms with van der Waals surface area (Å²) in [6, 6.07) is 15.1. The SMILES string of the molecule is CCOC(=O)/C(C#N)=C\c1cc(Br)c(OCc2ccccc2)c(OC)c1. The molecule has 0 aliphatic heterocycles. The number of hydrogen-bond donors (Lipinski definition) is 0. The maximum absolute atomic E-state index is 11.8. The van der Waals surface area contributed by atoms with E-state index in [0.29, 0.717) is 28.1 Å². The van der Waals surface area contributed by atoms with Crippen LogP contribution in [0.15, 0.2) is 52.5 Å². The van der Waals surface area contributed by atoms with Crippen molar-refractivity contribution in [1.29, 1.82) is 5.26 Å². The molecule has 0 amide bonds. The highest BCUT2D eigenvalue weighted by atomic mass is 79.9. The summed E-state index contributed by atoms with van der Waals surface area (Å²) in [6.45, 7) is 2.28. The van der Waals surface area contributed by atoms with Crippen LogP contribution in [0.4, 0.5) is 0 Å². The molecule has 0 saturated carbocycles. The number of hydrogen-bond acceptors (Lipinski definition) is 5. The van der Waals surface area contributed by atoms with Gasteiger partial charge in [-0.2, -0.15) is 5.26 Å². The lowest BCUT2D eigenvalue weighted by molar-refractivity contribution is -0.137. The standard InChI is InChI=1S/C20H18BrNO4/c1-3-25-20(23)16(12-22)9-15-10-17(21)19(18(11-15)24-2)26-13-14-7-5-4-6-8-14/h4-11H,3,13H2,1-2H3/b16-9-. The summed E-state index contributed by atoms with van der Waals surface area (Å²) in [5.41, 5.74) is 1.56. The van der Waals surface area contributed by atoms with E-state index in [1.807, 2.05) is 36.4 Å². The van der Waals surface area contributed by atoms with Gasteiger partial charge in [-0.3, -0.25) is 0 Å². The highest BCUT2D eigenvalue weighted by Crippen LogP contribution is 2.37. The molecule has 134 valence electrons. The van der Waals surface area contributed by atoms with Crippen LogP contribution in [0.25, 0.3) is 6.08 Å². The van der Waals surface area contributed by atoms with Crippen molar-refractivity contribution >= 4 is 28.0 Å². The van der Waals surface area contributed by atoms with Crippen molar-refractivity contribution in [2.75, 3.05) is 13.7 Å². The summed E-state index contributed by atoms with van der Waals surface area (Å²) in [7, 11) is 1.53. The topological polar surface area (TPSA) is 68.6 Å². The van der Waals surface area contributed by atoms with E-state index >= 15 is 0 Å². The Morgan fingerprint density at radius 3 is 2.62 bits per heavy atom. The molecule has 0 fully saturated rings. The van der Waals surface area contributed by atoms with Gasteiger partial charge in [-0.15, -0.1) is 0 Å². The Hall–Kier alpha value is -2.78.